The first-order chi connectivity index (χ1) is 20.7. The average molecular weight is 590 g/mol. The van der Waals surface area contributed by atoms with E-state index < -0.39 is 17.4 Å². The zero-order valence-corrected chi connectivity index (χ0v) is 24.4. The van der Waals surface area contributed by atoms with E-state index in [1.54, 1.807) is 20.1 Å². The van der Waals surface area contributed by atoms with E-state index in [2.05, 4.69) is 4.90 Å². The molecule has 4 aromatic rings. The van der Waals surface area contributed by atoms with Crippen LogP contribution in [0.5, 0.6) is 23.0 Å². The highest BCUT2D eigenvalue weighted by Crippen LogP contribution is 2.39. The van der Waals surface area contributed by atoms with E-state index in [0.29, 0.717) is 66.6 Å². The molecule has 3 N–H and O–H groups in total. The summed E-state index contributed by atoms with van der Waals surface area (Å²) in [4.78, 5) is 34.0. The van der Waals surface area contributed by atoms with E-state index >= 15 is 0 Å². The number of phenolic OH excluding ortho intramolecular Hbond substituents is 2. The molecule has 0 bridgehead atoms. The third-order valence-electron chi connectivity index (χ3n) is 7.85. The largest absolute Gasteiger partial charge is 0.507 e. The molecule has 0 unspecified atom stereocenters. The van der Waals surface area contributed by atoms with E-state index in [-0.39, 0.29) is 35.8 Å². The first kappa shape index (κ1) is 29.7. The fraction of sp³-hybridized carbons (Fsp3) is 0.344. The number of aromatic nitrogens is 2. The molecule has 1 aliphatic rings. The van der Waals surface area contributed by atoms with Crippen molar-refractivity contribution in [1.82, 2.24) is 9.55 Å². The lowest BCUT2D eigenvalue weighted by Gasteiger charge is -2.32. The number of carbonyl (C=O) groups is 1. The molecular formula is C32H35N3O8. The molecule has 43 heavy (non-hydrogen) atoms. The molecule has 11 nitrogen and oxygen atoms in total. The Hall–Kier alpha value is -4.77. The van der Waals surface area contributed by atoms with Gasteiger partial charge in [0.15, 0.2) is 11.5 Å². The summed E-state index contributed by atoms with van der Waals surface area (Å²) >= 11 is 0. The minimum atomic E-state index is -0.884. The van der Waals surface area contributed by atoms with Crippen LogP contribution in [-0.2, 0) is 27.2 Å². The molecule has 1 aliphatic heterocycles. The number of hydrogen-bond donors (Lipinski definition) is 3. The van der Waals surface area contributed by atoms with Crippen molar-refractivity contribution in [2.24, 2.45) is 0 Å². The van der Waals surface area contributed by atoms with Crippen LogP contribution in [0.15, 0.2) is 53.3 Å². The van der Waals surface area contributed by atoms with Gasteiger partial charge in [-0.25, -0.2) is 4.98 Å². The smallest absolute Gasteiger partial charge is 0.306 e. The third-order valence-corrected chi connectivity index (χ3v) is 7.85. The standard InChI is InChI=1S/C32H35N3O8/c1-19-14-28(38)30(32(40)35(19)9-8-20-4-7-26(36)27(37)15-20)23(18-29(39)42-3)24-17-21-16-22(41-2)5-6-25(21)33-31(24)34-10-12-43-13-11-34/h4-7,14-17,23,36-38H,8-13,18H2,1-3H3/t23-/m1/s1. The number of phenols is 2. The lowest BCUT2D eigenvalue weighted by molar-refractivity contribution is -0.140. The van der Waals surface area contributed by atoms with Gasteiger partial charge in [0.25, 0.3) is 5.56 Å². The van der Waals surface area contributed by atoms with Crippen molar-refractivity contribution >= 4 is 22.7 Å². The summed E-state index contributed by atoms with van der Waals surface area (Å²) in [6, 6.07) is 13.4. The minimum absolute atomic E-state index is 0.0584. The maximum Gasteiger partial charge on any atom is 0.306 e. The first-order valence-corrected chi connectivity index (χ1v) is 14.0. The molecule has 1 atom stereocenters. The first-order valence-electron chi connectivity index (χ1n) is 14.0. The predicted molar refractivity (Wildman–Crippen MR) is 160 cm³/mol. The van der Waals surface area contributed by atoms with Gasteiger partial charge in [0.1, 0.15) is 17.3 Å². The van der Waals surface area contributed by atoms with Crippen molar-refractivity contribution < 1.29 is 34.3 Å². The summed E-state index contributed by atoms with van der Waals surface area (Å²) in [7, 11) is 2.86. The molecule has 2 aromatic heterocycles. The molecular weight excluding hydrogens is 554 g/mol. The average Bonchev–Trinajstić information content (AvgIpc) is 3.01. The number of aromatic hydroxyl groups is 3. The fourth-order valence-corrected chi connectivity index (χ4v) is 5.53. The zero-order valence-electron chi connectivity index (χ0n) is 24.4. The summed E-state index contributed by atoms with van der Waals surface area (Å²) in [5.41, 5.74) is 2.16. The van der Waals surface area contributed by atoms with Crippen molar-refractivity contribution in [1.29, 1.82) is 0 Å². The van der Waals surface area contributed by atoms with Crippen molar-refractivity contribution in [3.8, 4) is 23.0 Å². The van der Waals surface area contributed by atoms with Gasteiger partial charge < -0.3 is 39.0 Å². The molecule has 2 aromatic carbocycles. The van der Waals surface area contributed by atoms with Crippen molar-refractivity contribution in [3.63, 3.8) is 0 Å². The van der Waals surface area contributed by atoms with Crippen LogP contribution in [0.2, 0.25) is 0 Å². The number of anilines is 1. The molecule has 0 radical (unpaired) electrons. The number of hydrogen-bond acceptors (Lipinski definition) is 10. The second-order valence-electron chi connectivity index (χ2n) is 10.5. The van der Waals surface area contributed by atoms with Gasteiger partial charge in [0.05, 0.1) is 44.9 Å². The normalized spacial score (nSPS) is 14.1. The second-order valence-corrected chi connectivity index (χ2v) is 10.5. The van der Waals surface area contributed by atoms with Crippen LogP contribution >= 0.6 is 0 Å². The second kappa shape index (κ2) is 12.6. The summed E-state index contributed by atoms with van der Waals surface area (Å²) in [5, 5.41) is 31.6. The Balaban J connectivity index is 1.67. The van der Waals surface area contributed by atoms with Gasteiger partial charge in [-0.05, 0) is 61.4 Å². The Labute approximate surface area is 248 Å². The van der Waals surface area contributed by atoms with Gasteiger partial charge in [-0.2, -0.15) is 0 Å². The van der Waals surface area contributed by atoms with Crippen LogP contribution in [0, 0.1) is 6.92 Å². The molecule has 5 rings (SSSR count). The van der Waals surface area contributed by atoms with Crippen molar-refractivity contribution in [3.05, 3.63) is 81.3 Å². The molecule has 0 amide bonds. The molecule has 3 heterocycles. The van der Waals surface area contributed by atoms with Crippen LogP contribution in [-0.4, -0.2) is 71.4 Å². The predicted octanol–water partition coefficient (Wildman–Crippen LogP) is 3.60. The number of ether oxygens (including phenoxy) is 3. The number of aryl methyl sites for hydroxylation is 2. The van der Waals surface area contributed by atoms with Crippen LogP contribution < -0.4 is 15.2 Å². The lowest BCUT2D eigenvalue weighted by Crippen LogP contribution is -2.38. The van der Waals surface area contributed by atoms with E-state index in [9.17, 15) is 24.9 Å². The number of fused-ring (bicyclic) bond motifs is 1. The van der Waals surface area contributed by atoms with Crippen molar-refractivity contribution in [2.75, 3.05) is 45.4 Å². The number of carbonyl (C=O) groups excluding carboxylic acids is 1. The van der Waals surface area contributed by atoms with E-state index in [1.165, 1.54) is 29.9 Å². The number of methoxy groups -OCH3 is 2. The Morgan fingerprint density at radius 2 is 1.77 bits per heavy atom. The van der Waals surface area contributed by atoms with Crippen LogP contribution in [0.1, 0.15) is 34.7 Å². The van der Waals surface area contributed by atoms with Crippen LogP contribution in [0.25, 0.3) is 10.9 Å². The molecule has 0 spiro atoms. The summed E-state index contributed by atoms with van der Waals surface area (Å²) in [6.07, 6.45) is 0.166. The molecule has 11 heteroatoms. The zero-order chi connectivity index (χ0) is 30.7. The topological polar surface area (TPSA) is 144 Å². The molecule has 1 fully saturated rings. The lowest BCUT2D eigenvalue weighted by atomic mass is 9.87. The van der Waals surface area contributed by atoms with E-state index in [1.807, 2.05) is 24.3 Å². The fourth-order valence-electron chi connectivity index (χ4n) is 5.53. The highest BCUT2D eigenvalue weighted by molar-refractivity contribution is 5.84. The Bertz CT molecular complexity index is 1710. The monoisotopic (exact) mass is 589 g/mol. The van der Waals surface area contributed by atoms with Gasteiger partial charge in [0.2, 0.25) is 0 Å². The highest BCUT2D eigenvalue weighted by atomic mass is 16.5. The maximum absolute atomic E-state index is 14.2. The molecule has 226 valence electrons. The van der Waals surface area contributed by atoms with E-state index in [4.69, 9.17) is 19.2 Å². The van der Waals surface area contributed by atoms with E-state index in [0.717, 1.165) is 5.39 Å². The maximum atomic E-state index is 14.2. The molecule has 0 aliphatic carbocycles. The third kappa shape index (κ3) is 6.21. The quantitative estimate of drug-likeness (QED) is 0.196. The number of nitrogens with zero attached hydrogens (tertiary/aromatic N) is 3. The van der Waals surface area contributed by atoms with Gasteiger partial charge in [-0.15, -0.1) is 0 Å². The van der Waals surface area contributed by atoms with Crippen LogP contribution in [0.4, 0.5) is 5.82 Å². The summed E-state index contributed by atoms with van der Waals surface area (Å²) in [5.74, 6) is -0.909. The number of esters is 1. The van der Waals surface area contributed by atoms with Gasteiger partial charge in [-0.1, -0.05) is 6.07 Å². The Morgan fingerprint density at radius 1 is 1.00 bits per heavy atom. The highest BCUT2D eigenvalue weighted by Gasteiger charge is 2.31. The number of pyridine rings is 2. The van der Waals surface area contributed by atoms with Crippen LogP contribution in [0.3, 0.4) is 0 Å². The Morgan fingerprint density at radius 3 is 2.47 bits per heavy atom. The summed E-state index contributed by atoms with van der Waals surface area (Å²) in [6.45, 7) is 4.08. The molecule has 1 saturated heterocycles. The summed E-state index contributed by atoms with van der Waals surface area (Å²) < 4.78 is 17.6. The molecule has 0 saturated carbocycles. The van der Waals surface area contributed by atoms with Gasteiger partial charge in [0, 0.05) is 42.2 Å². The Kier molecular flexibility index (Phi) is 8.72. The SMILES string of the molecule is COC(=O)C[C@H](c1cc2cc(OC)ccc2nc1N1CCOCC1)c1c(O)cc(C)n(CCc2ccc(O)c(O)c2)c1=O. The number of benzene rings is 2. The van der Waals surface area contributed by atoms with Gasteiger partial charge in [-0.3, -0.25) is 9.59 Å². The number of rotatable bonds is 9. The minimum Gasteiger partial charge on any atom is -0.507 e. The van der Waals surface area contributed by atoms with Gasteiger partial charge >= 0.3 is 5.97 Å². The number of morpholine rings is 1. The van der Waals surface area contributed by atoms with Crippen molar-refractivity contribution in [2.45, 2.75) is 32.2 Å².